The fourth-order valence-corrected chi connectivity index (χ4v) is 5.32. The molecule has 0 atom stereocenters. The largest absolute Gasteiger partial charge is 0.486 e. The maximum absolute atomic E-state index is 13.5. The summed E-state index contributed by atoms with van der Waals surface area (Å²) in [6.45, 7) is 10.4. The molecule has 0 bridgehead atoms. The molecule has 0 unspecified atom stereocenters. The molecule has 12 heteroatoms. The van der Waals surface area contributed by atoms with E-state index in [0.717, 1.165) is 10.2 Å². The van der Waals surface area contributed by atoms with Crippen molar-refractivity contribution in [3.8, 4) is 5.75 Å². The van der Waals surface area contributed by atoms with E-state index >= 15 is 0 Å². The van der Waals surface area contributed by atoms with Gasteiger partial charge in [-0.25, -0.2) is 19.6 Å². The summed E-state index contributed by atoms with van der Waals surface area (Å²) in [7, 11) is 0. The second-order valence-electron chi connectivity index (χ2n) is 12.4. The standard InChI is InChI=1S/C34H35N5O6S/c1-33(2,3)44-31(41)37-29(38-32(42)45-34(4,5)6)21-16-17-25-24(18-21)35-28(20-43-22-12-8-7-9-13-22)39(25)19-26(40)30-36-23-14-10-11-15-27(23)46-30/h7-18H,19-20H2,1-6H3,(H,37,38,41,42). The topological polar surface area (TPSA) is 134 Å². The number of rotatable bonds is 7. The number of ketones is 1. The molecule has 3 aromatic carbocycles. The Morgan fingerprint density at radius 1 is 0.848 bits per heavy atom. The zero-order valence-corrected chi connectivity index (χ0v) is 27.3. The Hall–Kier alpha value is -5.10. The molecule has 2 heterocycles. The molecule has 1 N–H and O–H groups in total. The van der Waals surface area contributed by atoms with Gasteiger partial charge in [0.25, 0.3) is 0 Å². The van der Waals surface area contributed by atoms with E-state index in [1.54, 1.807) is 64.3 Å². The normalized spacial score (nSPS) is 12.3. The van der Waals surface area contributed by atoms with Crippen molar-refractivity contribution in [2.45, 2.75) is 65.9 Å². The number of benzene rings is 3. The number of hydrogen-bond donors (Lipinski definition) is 1. The van der Waals surface area contributed by atoms with Crippen LogP contribution in [0.3, 0.4) is 0 Å². The van der Waals surface area contributed by atoms with Gasteiger partial charge in [-0.3, -0.25) is 10.1 Å². The summed E-state index contributed by atoms with van der Waals surface area (Å²) in [4.78, 5) is 52.3. The predicted octanol–water partition coefficient (Wildman–Crippen LogP) is 7.31. The fraction of sp³-hybridized carbons (Fsp3) is 0.294. The van der Waals surface area contributed by atoms with E-state index in [4.69, 9.17) is 19.2 Å². The molecule has 5 rings (SSSR count). The van der Waals surface area contributed by atoms with E-state index < -0.39 is 23.4 Å². The highest BCUT2D eigenvalue weighted by Gasteiger charge is 2.23. The first-order valence-electron chi connectivity index (χ1n) is 14.6. The Labute approximate surface area is 270 Å². The van der Waals surface area contributed by atoms with Crippen LogP contribution in [0.2, 0.25) is 0 Å². The van der Waals surface area contributed by atoms with E-state index in [-0.39, 0.29) is 24.8 Å². The van der Waals surface area contributed by atoms with Gasteiger partial charge in [0.05, 0.1) is 27.8 Å². The van der Waals surface area contributed by atoms with Crippen LogP contribution in [-0.4, -0.2) is 49.5 Å². The minimum Gasteiger partial charge on any atom is -0.486 e. The zero-order chi connectivity index (χ0) is 33.1. The van der Waals surface area contributed by atoms with Crippen LogP contribution in [0.25, 0.3) is 21.3 Å². The van der Waals surface area contributed by atoms with Crippen LogP contribution < -0.4 is 10.1 Å². The first-order chi connectivity index (χ1) is 21.7. The summed E-state index contributed by atoms with van der Waals surface area (Å²) in [6.07, 6.45) is -1.68. The molecule has 46 heavy (non-hydrogen) atoms. The number of amides is 2. The van der Waals surface area contributed by atoms with Gasteiger partial charge in [0.15, 0.2) is 5.01 Å². The molecule has 0 aliphatic rings. The molecule has 238 valence electrons. The van der Waals surface area contributed by atoms with Gasteiger partial charge in [-0.05, 0) is 84.0 Å². The number of aliphatic imine (C=N–C) groups is 1. The first kappa shape index (κ1) is 32.3. The predicted molar refractivity (Wildman–Crippen MR) is 177 cm³/mol. The molecule has 0 aliphatic heterocycles. The highest BCUT2D eigenvalue weighted by Crippen LogP contribution is 2.25. The Balaban J connectivity index is 1.52. The quantitative estimate of drug-likeness (QED) is 0.111. The molecular weight excluding hydrogens is 606 g/mol. The van der Waals surface area contributed by atoms with Crippen molar-refractivity contribution >= 4 is 56.4 Å². The number of nitrogens with one attached hydrogen (secondary N) is 1. The van der Waals surface area contributed by atoms with Crippen molar-refractivity contribution in [2.24, 2.45) is 4.99 Å². The molecule has 0 spiro atoms. The van der Waals surface area contributed by atoms with E-state index in [1.807, 2.05) is 54.6 Å². The van der Waals surface area contributed by atoms with Crippen LogP contribution in [0.15, 0.2) is 77.8 Å². The Kier molecular flexibility index (Phi) is 9.19. The van der Waals surface area contributed by atoms with Crippen LogP contribution in [0.1, 0.15) is 62.7 Å². The van der Waals surface area contributed by atoms with E-state index in [0.29, 0.717) is 33.2 Å². The molecule has 0 aliphatic carbocycles. The number of aromatic nitrogens is 3. The number of imidazole rings is 1. The van der Waals surface area contributed by atoms with Gasteiger partial charge in [-0.15, -0.1) is 11.3 Å². The summed E-state index contributed by atoms with van der Waals surface area (Å²) in [6, 6.07) is 22.0. The SMILES string of the molecule is CC(C)(C)OC(=O)N=C(NC(=O)OC(C)(C)C)c1ccc2c(c1)nc(COc1ccccc1)n2CC(=O)c1nc2ccccc2s1. The van der Waals surface area contributed by atoms with Crippen molar-refractivity contribution in [1.29, 1.82) is 0 Å². The van der Waals surface area contributed by atoms with Crippen LogP contribution in [0, 0.1) is 0 Å². The minimum absolute atomic E-state index is 0.0296. The molecule has 0 saturated carbocycles. The van der Waals surface area contributed by atoms with Crippen LogP contribution in [0.4, 0.5) is 9.59 Å². The summed E-state index contributed by atoms with van der Waals surface area (Å²) in [5, 5.41) is 2.97. The third-order valence-electron chi connectivity index (χ3n) is 6.26. The average Bonchev–Trinajstić information content (AvgIpc) is 3.55. The molecule has 2 amide bonds. The van der Waals surface area contributed by atoms with Gasteiger partial charge < -0.3 is 18.8 Å². The van der Waals surface area contributed by atoms with Crippen molar-refractivity contribution < 1.29 is 28.6 Å². The molecule has 11 nitrogen and oxygen atoms in total. The van der Waals surface area contributed by atoms with Crippen molar-refractivity contribution in [2.75, 3.05) is 0 Å². The number of ether oxygens (including phenoxy) is 3. The van der Waals surface area contributed by atoms with Gasteiger partial charge in [0.1, 0.15) is 35.2 Å². The summed E-state index contributed by atoms with van der Waals surface area (Å²) >= 11 is 1.34. The highest BCUT2D eigenvalue weighted by molar-refractivity contribution is 7.20. The van der Waals surface area contributed by atoms with Crippen LogP contribution in [-0.2, 0) is 22.6 Å². The number of Topliss-reactive ketones (excluding diaryl/α,β-unsaturated/α-hetero) is 1. The van der Waals surface area contributed by atoms with Crippen LogP contribution >= 0.6 is 11.3 Å². The number of thiazole rings is 1. The first-order valence-corrected chi connectivity index (χ1v) is 15.4. The molecule has 2 aromatic heterocycles. The third-order valence-corrected chi connectivity index (χ3v) is 7.34. The molecule has 5 aromatic rings. The second-order valence-corrected chi connectivity index (χ2v) is 13.4. The average molecular weight is 642 g/mol. The number of alkyl carbamates (subject to hydrolysis) is 1. The Morgan fingerprint density at radius 3 is 2.24 bits per heavy atom. The number of fused-ring (bicyclic) bond motifs is 2. The summed E-state index contributed by atoms with van der Waals surface area (Å²) < 4.78 is 19.5. The number of hydrogen-bond acceptors (Lipinski definition) is 9. The van der Waals surface area contributed by atoms with E-state index in [9.17, 15) is 14.4 Å². The van der Waals surface area contributed by atoms with Crippen molar-refractivity contribution in [1.82, 2.24) is 19.9 Å². The number of carbonyl (C=O) groups excluding carboxylic acids is 3. The highest BCUT2D eigenvalue weighted by atomic mass is 32.1. The third kappa shape index (κ3) is 8.33. The van der Waals surface area contributed by atoms with Crippen molar-refractivity contribution in [3.63, 3.8) is 0 Å². The summed E-state index contributed by atoms with van der Waals surface area (Å²) in [5.74, 6) is 0.890. The lowest BCUT2D eigenvalue weighted by atomic mass is 10.1. The maximum atomic E-state index is 13.5. The van der Waals surface area contributed by atoms with Crippen LogP contribution in [0.5, 0.6) is 5.75 Å². The zero-order valence-electron chi connectivity index (χ0n) is 26.5. The Bertz CT molecular complexity index is 1900. The van der Waals surface area contributed by atoms with Gasteiger partial charge in [0, 0.05) is 5.56 Å². The van der Waals surface area contributed by atoms with Gasteiger partial charge >= 0.3 is 12.2 Å². The van der Waals surface area contributed by atoms with Gasteiger partial charge in [-0.1, -0.05) is 30.3 Å². The molecule has 0 saturated heterocycles. The smallest absolute Gasteiger partial charge is 0.436 e. The lowest BCUT2D eigenvalue weighted by Crippen LogP contribution is -2.37. The second kappa shape index (κ2) is 13.1. The van der Waals surface area contributed by atoms with Gasteiger partial charge in [0.2, 0.25) is 5.78 Å². The fourth-order valence-electron chi connectivity index (χ4n) is 4.42. The minimum atomic E-state index is -0.887. The number of amidine groups is 1. The van der Waals surface area contributed by atoms with Gasteiger partial charge in [-0.2, -0.15) is 4.99 Å². The summed E-state index contributed by atoms with van der Waals surface area (Å²) in [5.41, 5.74) is 0.680. The lowest BCUT2D eigenvalue weighted by Gasteiger charge is -2.21. The lowest BCUT2D eigenvalue weighted by molar-refractivity contribution is 0.0562. The Morgan fingerprint density at radius 2 is 1.54 bits per heavy atom. The van der Waals surface area contributed by atoms with E-state index in [1.165, 1.54) is 11.3 Å². The maximum Gasteiger partial charge on any atom is 0.436 e. The van der Waals surface area contributed by atoms with E-state index in [2.05, 4.69) is 15.3 Å². The number of nitrogens with zero attached hydrogens (tertiary/aromatic N) is 4. The number of para-hydroxylation sites is 2. The van der Waals surface area contributed by atoms with Crippen molar-refractivity contribution in [3.05, 3.63) is 89.2 Å². The molecular formula is C34H35N5O6S. The monoisotopic (exact) mass is 641 g/mol. The number of carbonyl (C=O) groups is 3. The molecule has 0 fully saturated rings. The molecule has 0 radical (unpaired) electrons.